The van der Waals surface area contributed by atoms with Crippen LogP contribution in [0.15, 0.2) is 48.5 Å². The fourth-order valence-corrected chi connectivity index (χ4v) is 1.78. The molecule has 0 fully saturated rings. The van der Waals surface area contributed by atoms with E-state index < -0.39 is 6.10 Å². The quantitative estimate of drug-likeness (QED) is 0.641. The molecule has 2 aromatic rings. The smallest absolute Gasteiger partial charge is 0.195 e. The number of anilines is 1. The molecule has 0 aromatic heterocycles. The molecule has 0 saturated heterocycles. The van der Waals surface area contributed by atoms with Crippen LogP contribution in [0.5, 0.6) is 0 Å². The maximum atomic E-state index is 12.3. The number of carbonyl (C=O) groups is 1. The van der Waals surface area contributed by atoms with Gasteiger partial charge in [-0.05, 0) is 24.6 Å². The van der Waals surface area contributed by atoms with E-state index in [1.54, 1.807) is 37.3 Å². The lowest BCUT2D eigenvalue weighted by Gasteiger charge is -2.09. The Kier molecular flexibility index (Phi) is 3.44. The lowest BCUT2D eigenvalue weighted by Crippen LogP contribution is -2.06. The fraction of sp³-hybridized carbons (Fsp3) is 0.133. The summed E-state index contributed by atoms with van der Waals surface area (Å²) in [7, 11) is 0. The summed E-state index contributed by atoms with van der Waals surface area (Å²) < 4.78 is 0. The van der Waals surface area contributed by atoms with Crippen LogP contribution in [0.25, 0.3) is 0 Å². The van der Waals surface area contributed by atoms with Crippen LogP contribution in [0.1, 0.15) is 34.5 Å². The molecule has 0 bridgehead atoms. The second kappa shape index (κ2) is 5.02. The van der Waals surface area contributed by atoms with Crippen LogP contribution >= 0.6 is 0 Å². The van der Waals surface area contributed by atoms with E-state index in [2.05, 4.69) is 0 Å². The Labute approximate surface area is 106 Å². The van der Waals surface area contributed by atoms with Gasteiger partial charge in [-0.15, -0.1) is 0 Å². The number of nitrogen functional groups attached to an aromatic ring is 1. The zero-order valence-corrected chi connectivity index (χ0v) is 10.1. The SMILES string of the molecule is CC(O)c1ccc(N)c(C(=O)c2ccccc2)c1. The van der Waals surface area contributed by atoms with Crippen molar-refractivity contribution < 1.29 is 9.90 Å². The molecule has 3 N–H and O–H groups in total. The standard InChI is InChI=1S/C15H15NO2/c1-10(17)12-7-8-14(16)13(9-12)15(18)11-5-3-2-4-6-11/h2-10,17H,16H2,1H3. The predicted octanol–water partition coefficient (Wildman–Crippen LogP) is 2.55. The molecule has 2 aromatic carbocycles. The van der Waals surface area contributed by atoms with Gasteiger partial charge < -0.3 is 10.8 Å². The Morgan fingerprint density at radius 2 is 1.83 bits per heavy atom. The van der Waals surface area contributed by atoms with Gasteiger partial charge in [0, 0.05) is 16.8 Å². The summed E-state index contributed by atoms with van der Waals surface area (Å²) >= 11 is 0. The number of carbonyl (C=O) groups excluding carboxylic acids is 1. The molecule has 0 amide bonds. The molecule has 1 atom stereocenters. The highest BCUT2D eigenvalue weighted by Gasteiger charge is 2.13. The number of aliphatic hydroxyl groups is 1. The topological polar surface area (TPSA) is 63.3 Å². The normalized spacial score (nSPS) is 12.1. The third kappa shape index (κ3) is 2.41. The molecule has 0 saturated carbocycles. The lowest BCUT2D eigenvalue weighted by atomic mass is 9.98. The molecule has 0 aliphatic rings. The maximum absolute atomic E-state index is 12.3. The second-order valence-corrected chi connectivity index (χ2v) is 4.22. The summed E-state index contributed by atoms with van der Waals surface area (Å²) in [5.41, 5.74) is 7.95. The first-order valence-electron chi connectivity index (χ1n) is 5.77. The maximum Gasteiger partial charge on any atom is 0.195 e. The van der Waals surface area contributed by atoms with Crippen molar-refractivity contribution in [3.8, 4) is 0 Å². The van der Waals surface area contributed by atoms with E-state index in [1.165, 1.54) is 0 Å². The Balaban J connectivity index is 2.45. The molecule has 3 nitrogen and oxygen atoms in total. The van der Waals surface area contributed by atoms with Crippen molar-refractivity contribution in [1.82, 2.24) is 0 Å². The largest absolute Gasteiger partial charge is 0.398 e. The molecule has 3 heteroatoms. The van der Waals surface area contributed by atoms with E-state index in [4.69, 9.17) is 5.73 Å². The van der Waals surface area contributed by atoms with Gasteiger partial charge in [-0.25, -0.2) is 0 Å². The van der Waals surface area contributed by atoms with Gasteiger partial charge >= 0.3 is 0 Å². The number of nitrogens with two attached hydrogens (primary N) is 1. The molecule has 0 aliphatic heterocycles. The van der Waals surface area contributed by atoms with Crippen LogP contribution in [0.4, 0.5) is 5.69 Å². The van der Waals surface area contributed by atoms with Gasteiger partial charge in [-0.2, -0.15) is 0 Å². The van der Waals surface area contributed by atoms with Crippen LogP contribution in [0.3, 0.4) is 0 Å². The first-order chi connectivity index (χ1) is 8.59. The summed E-state index contributed by atoms with van der Waals surface area (Å²) in [4.78, 5) is 12.3. The Bertz CT molecular complexity index is 562. The molecule has 18 heavy (non-hydrogen) atoms. The number of rotatable bonds is 3. The Morgan fingerprint density at radius 1 is 1.17 bits per heavy atom. The Hall–Kier alpha value is -2.13. The molecule has 1 unspecified atom stereocenters. The van der Waals surface area contributed by atoms with Gasteiger partial charge in [-0.1, -0.05) is 36.4 Å². The van der Waals surface area contributed by atoms with Gasteiger partial charge in [0.25, 0.3) is 0 Å². The third-order valence-electron chi connectivity index (χ3n) is 2.84. The van der Waals surface area contributed by atoms with Crippen LogP contribution in [0, 0.1) is 0 Å². The molecular formula is C15H15NO2. The minimum atomic E-state index is -0.618. The molecule has 0 spiro atoms. The van der Waals surface area contributed by atoms with Gasteiger partial charge in [0.15, 0.2) is 5.78 Å². The number of aliphatic hydroxyl groups excluding tert-OH is 1. The second-order valence-electron chi connectivity index (χ2n) is 4.22. The highest BCUT2D eigenvalue weighted by atomic mass is 16.3. The molecule has 2 rings (SSSR count). The van der Waals surface area contributed by atoms with Crippen LogP contribution in [0.2, 0.25) is 0 Å². The third-order valence-corrected chi connectivity index (χ3v) is 2.84. The molecule has 0 aliphatic carbocycles. The van der Waals surface area contributed by atoms with Gasteiger partial charge in [0.05, 0.1) is 6.10 Å². The summed E-state index contributed by atoms with van der Waals surface area (Å²) in [5.74, 6) is -0.129. The number of ketones is 1. The van der Waals surface area contributed by atoms with E-state index in [0.717, 1.165) is 0 Å². The van der Waals surface area contributed by atoms with Gasteiger partial charge in [0.2, 0.25) is 0 Å². The van der Waals surface area contributed by atoms with Crippen molar-refractivity contribution in [2.24, 2.45) is 0 Å². The van der Waals surface area contributed by atoms with Crippen molar-refractivity contribution in [1.29, 1.82) is 0 Å². The number of hydrogen-bond acceptors (Lipinski definition) is 3. The van der Waals surface area contributed by atoms with Gasteiger partial charge in [0.1, 0.15) is 0 Å². The predicted molar refractivity (Wildman–Crippen MR) is 71.4 cm³/mol. The van der Waals surface area contributed by atoms with Crippen molar-refractivity contribution in [3.05, 3.63) is 65.2 Å². The molecule has 0 radical (unpaired) electrons. The fourth-order valence-electron chi connectivity index (χ4n) is 1.78. The molecular weight excluding hydrogens is 226 g/mol. The highest BCUT2D eigenvalue weighted by Crippen LogP contribution is 2.21. The lowest BCUT2D eigenvalue weighted by molar-refractivity contribution is 0.103. The summed E-state index contributed by atoms with van der Waals surface area (Å²) in [5, 5.41) is 9.54. The monoisotopic (exact) mass is 241 g/mol. The van der Waals surface area contributed by atoms with Crippen molar-refractivity contribution in [2.75, 3.05) is 5.73 Å². The van der Waals surface area contributed by atoms with E-state index in [9.17, 15) is 9.90 Å². The van der Waals surface area contributed by atoms with Crippen LogP contribution < -0.4 is 5.73 Å². The van der Waals surface area contributed by atoms with Crippen LogP contribution in [-0.2, 0) is 0 Å². The minimum Gasteiger partial charge on any atom is -0.398 e. The van der Waals surface area contributed by atoms with E-state index in [-0.39, 0.29) is 5.78 Å². The average molecular weight is 241 g/mol. The zero-order valence-electron chi connectivity index (χ0n) is 10.1. The number of hydrogen-bond donors (Lipinski definition) is 2. The van der Waals surface area contributed by atoms with Crippen molar-refractivity contribution in [3.63, 3.8) is 0 Å². The number of benzene rings is 2. The summed E-state index contributed by atoms with van der Waals surface area (Å²) in [6.07, 6.45) is -0.618. The van der Waals surface area contributed by atoms with Crippen molar-refractivity contribution >= 4 is 11.5 Å². The Morgan fingerprint density at radius 3 is 2.44 bits per heavy atom. The first kappa shape index (κ1) is 12.3. The molecule has 92 valence electrons. The first-order valence-corrected chi connectivity index (χ1v) is 5.77. The van der Waals surface area contributed by atoms with Crippen LogP contribution in [-0.4, -0.2) is 10.9 Å². The van der Waals surface area contributed by atoms with E-state index >= 15 is 0 Å². The minimum absolute atomic E-state index is 0.129. The van der Waals surface area contributed by atoms with Gasteiger partial charge in [-0.3, -0.25) is 4.79 Å². The van der Waals surface area contributed by atoms with Crippen molar-refractivity contribution in [2.45, 2.75) is 13.0 Å². The highest BCUT2D eigenvalue weighted by molar-refractivity contribution is 6.12. The summed E-state index contributed by atoms with van der Waals surface area (Å²) in [6.45, 7) is 1.66. The van der Waals surface area contributed by atoms with E-state index in [0.29, 0.717) is 22.4 Å². The molecule has 0 heterocycles. The summed E-state index contributed by atoms with van der Waals surface area (Å²) in [6, 6.07) is 14.0. The average Bonchev–Trinajstić information content (AvgIpc) is 2.39. The zero-order chi connectivity index (χ0) is 13.1. The van der Waals surface area contributed by atoms with E-state index in [1.807, 2.05) is 18.2 Å².